The number of rotatable bonds is 3. The molecule has 12 heavy (non-hydrogen) atoms. The molecule has 1 heterocycles. The fourth-order valence-corrected chi connectivity index (χ4v) is 1.01. The fraction of sp³-hybridized carbons (Fsp3) is 0.222. The van der Waals surface area contributed by atoms with Gasteiger partial charge in [0.15, 0.2) is 0 Å². The highest BCUT2D eigenvalue weighted by atomic mass is 14.9. The number of nitrogens with two attached hydrogens (primary N) is 1. The summed E-state index contributed by atoms with van der Waals surface area (Å²) in [5, 5.41) is 3.09. The predicted molar refractivity (Wildman–Crippen MR) is 49.4 cm³/mol. The Morgan fingerprint density at radius 3 is 2.92 bits per heavy atom. The van der Waals surface area contributed by atoms with Crippen LogP contribution in [0.5, 0.6) is 0 Å². The van der Waals surface area contributed by atoms with Gasteiger partial charge in [-0.2, -0.15) is 0 Å². The zero-order valence-corrected chi connectivity index (χ0v) is 7.07. The molecule has 0 saturated carbocycles. The SMILES string of the molecule is CNC(/C=C/N)c1ccccn1. The lowest BCUT2D eigenvalue weighted by molar-refractivity contribution is 0.691. The maximum absolute atomic E-state index is 5.29. The van der Waals surface area contributed by atoms with Gasteiger partial charge in [0, 0.05) is 6.20 Å². The number of likely N-dealkylation sites (N-methyl/N-ethyl adjacent to an activating group) is 1. The fourth-order valence-electron chi connectivity index (χ4n) is 1.01. The van der Waals surface area contributed by atoms with Gasteiger partial charge in [-0.15, -0.1) is 0 Å². The molecule has 3 heteroatoms. The third-order valence-corrected chi connectivity index (χ3v) is 1.62. The van der Waals surface area contributed by atoms with Gasteiger partial charge < -0.3 is 11.1 Å². The molecule has 0 saturated heterocycles. The van der Waals surface area contributed by atoms with E-state index in [1.165, 1.54) is 6.20 Å². The van der Waals surface area contributed by atoms with Gasteiger partial charge in [-0.3, -0.25) is 4.98 Å². The minimum atomic E-state index is 0.108. The van der Waals surface area contributed by atoms with E-state index < -0.39 is 0 Å². The summed E-state index contributed by atoms with van der Waals surface area (Å²) >= 11 is 0. The normalized spacial score (nSPS) is 13.4. The van der Waals surface area contributed by atoms with Crippen LogP contribution < -0.4 is 11.1 Å². The molecular weight excluding hydrogens is 150 g/mol. The molecule has 0 fully saturated rings. The first-order valence-electron chi connectivity index (χ1n) is 3.85. The zero-order valence-electron chi connectivity index (χ0n) is 7.07. The van der Waals surface area contributed by atoms with E-state index in [1.54, 1.807) is 6.20 Å². The first kappa shape index (κ1) is 8.74. The highest BCUT2D eigenvalue weighted by molar-refractivity contribution is 5.13. The van der Waals surface area contributed by atoms with Crippen LogP contribution in [0.3, 0.4) is 0 Å². The smallest absolute Gasteiger partial charge is 0.0695 e. The summed E-state index contributed by atoms with van der Waals surface area (Å²) in [5.74, 6) is 0. The first-order valence-corrected chi connectivity index (χ1v) is 3.85. The highest BCUT2D eigenvalue weighted by Gasteiger charge is 2.03. The van der Waals surface area contributed by atoms with Crippen molar-refractivity contribution in [3.8, 4) is 0 Å². The molecule has 64 valence electrons. The van der Waals surface area contributed by atoms with Gasteiger partial charge in [-0.05, 0) is 31.5 Å². The van der Waals surface area contributed by atoms with Crippen LogP contribution in [0.4, 0.5) is 0 Å². The van der Waals surface area contributed by atoms with E-state index in [0.717, 1.165) is 5.69 Å². The Hall–Kier alpha value is -1.35. The van der Waals surface area contributed by atoms with E-state index >= 15 is 0 Å². The van der Waals surface area contributed by atoms with E-state index in [1.807, 2.05) is 31.3 Å². The van der Waals surface area contributed by atoms with Crippen molar-refractivity contribution >= 4 is 0 Å². The van der Waals surface area contributed by atoms with Crippen LogP contribution in [0.2, 0.25) is 0 Å². The van der Waals surface area contributed by atoms with Crippen molar-refractivity contribution in [1.82, 2.24) is 10.3 Å². The van der Waals surface area contributed by atoms with Crippen LogP contribution in [-0.4, -0.2) is 12.0 Å². The Kier molecular flexibility index (Phi) is 3.29. The Bertz CT molecular complexity index is 243. The van der Waals surface area contributed by atoms with Gasteiger partial charge in [0.2, 0.25) is 0 Å². The largest absolute Gasteiger partial charge is 0.405 e. The van der Waals surface area contributed by atoms with Gasteiger partial charge in [0.25, 0.3) is 0 Å². The molecule has 0 spiro atoms. The third kappa shape index (κ3) is 2.07. The Balaban J connectivity index is 2.80. The average molecular weight is 163 g/mol. The topological polar surface area (TPSA) is 50.9 Å². The molecule has 3 nitrogen and oxygen atoms in total. The maximum Gasteiger partial charge on any atom is 0.0695 e. The lowest BCUT2D eigenvalue weighted by atomic mass is 10.2. The minimum Gasteiger partial charge on any atom is -0.405 e. The highest BCUT2D eigenvalue weighted by Crippen LogP contribution is 2.08. The summed E-state index contributed by atoms with van der Waals surface area (Å²) in [6, 6.07) is 5.91. The van der Waals surface area contributed by atoms with E-state index in [4.69, 9.17) is 5.73 Å². The van der Waals surface area contributed by atoms with Gasteiger partial charge >= 0.3 is 0 Å². The Morgan fingerprint density at radius 1 is 1.58 bits per heavy atom. The summed E-state index contributed by atoms with van der Waals surface area (Å²) < 4.78 is 0. The molecule has 1 aromatic heterocycles. The minimum absolute atomic E-state index is 0.108. The van der Waals surface area contributed by atoms with Crippen molar-refractivity contribution in [2.45, 2.75) is 6.04 Å². The molecule has 0 aliphatic carbocycles. The Morgan fingerprint density at radius 2 is 2.42 bits per heavy atom. The van der Waals surface area contributed by atoms with Gasteiger partial charge in [0.1, 0.15) is 0 Å². The van der Waals surface area contributed by atoms with Crippen LogP contribution in [0.1, 0.15) is 11.7 Å². The van der Waals surface area contributed by atoms with Crippen molar-refractivity contribution in [1.29, 1.82) is 0 Å². The summed E-state index contributed by atoms with van der Waals surface area (Å²) in [6.45, 7) is 0. The van der Waals surface area contributed by atoms with Crippen molar-refractivity contribution in [3.63, 3.8) is 0 Å². The zero-order chi connectivity index (χ0) is 8.81. The quantitative estimate of drug-likeness (QED) is 0.693. The standard InChI is InChI=1S/C9H13N3/c1-11-8(5-6-10)9-4-2-3-7-12-9/h2-8,11H,10H2,1H3/b6-5+. The molecule has 1 rings (SSSR count). The molecule has 0 radical (unpaired) electrons. The number of pyridine rings is 1. The van der Waals surface area contributed by atoms with Crippen LogP contribution in [0.25, 0.3) is 0 Å². The van der Waals surface area contributed by atoms with Gasteiger partial charge in [0.05, 0.1) is 11.7 Å². The summed E-state index contributed by atoms with van der Waals surface area (Å²) in [7, 11) is 1.87. The number of nitrogens with one attached hydrogen (secondary N) is 1. The number of hydrogen-bond donors (Lipinski definition) is 2. The second-order valence-corrected chi connectivity index (χ2v) is 2.41. The third-order valence-electron chi connectivity index (χ3n) is 1.62. The molecule has 0 aromatic carbocycles. The summed E-state index contributed by atoms with van der Waals surface area (Å²) in [6.07, 6.45) is 5.15. The monoisotopic (exact) mass is 163 g/mol. The number of hydrogen-bond acceptors (Lipinski definition) is 3. The van der Waals surface area contributed by atoms with Crippen molar-refractivity contribution in [2.75, 3.05) is 7.05 Å². The van der Waals surface area contributed by atoms with Gasteiger partial charge in [-0.25, -0.2) is 0 Å². The average Bonchev–Trinajstić information content (AvgIpc) is 2.15. The van der Waals surface area contributed by atoms with Crippen LogP contribution in [-0.2, 0) is 0 Å². The van der Waals surface area contributed by atoms with E-state index in [-0.39, 0.29) is 6.04 Å². The molecule has 0 aliphatic heterocycles. The molecule has 0 amide bonds. The summed E-state index contributed by atoms with van der Waals surface area (Å²) in [4.78, 5) is 4.20. The molecule has 3 N–H and O–H groups in total. The lowest BCUT2D eigenvalue weighted by Crippen LogP contribution is -2.15. The van der Waals surface area contributed by atoms with Crippen molar-refractivity contribution in [2.24, 2.45) is 5.73 Å². The van der Waals surface area contributed by atoms with Crippen molar-refractivity contribution < 1.29 is 0 Å². The molecule has 1 aromatic rings. The number of nitrogens with zero attached hydrogens (tertiary/aromatic N) is 1. The second-order valence-electron chi connectivity index (χ2n) is 2.41. The molecule has 1 unspecified atom stereocenters. The van der Waals surface area contributed by atoms with Crippen molar-refractivity contribution in [3.05, 3.63) is 42.4 Å². The van der Waals surface area contributed by atoms with E-state index in [0.29, 0.717) is 0 Å². The van der Waals surface area contributed by atoms with E-state index in [9.17, 15) is 0 Å². The molecule has 0 bridgehead atoms. The van der Waals surface area contributed by atoms with Gasteiger partial charge in [-0.1, -0.05) is 6.07 Å². The van der Waals surface area contributed by atoms with E-state index in [2.05, 4.69) is 10.3 Å². The predicted octanol–water partition coefficient (Wildman–Crippen LogP) is 0.814. The maximum atomic E-state index is 5.29. The van der Waals surface area contributed by atoms with Crippen LogP contribution >= 0.6 is 0 Å². The molecule has 0 aliphatic rings. The molecular formula is C9H13N3. The lowest BCUT2D eigenvalue weighted by Gasteiger charge is -2.09. The first-order chi connectivity index (χ1) is 5.88. The molecule has 1 atom stereocenters. The van der Waals surface area contributed by atoms with Crippen LogP contribution in [0.15, 0.2) is 36.7 Å². The van der Waals surface area contributed by atoms with Crippen LogP contribution in [0, 0.1) is 0 Å². The summed E-state index contributed by atoms with van der Waals surface area (Å²) in [5.41, 5.74) is 6.27. The Labute approximate surface area is 72.3 Å². The second kappa shape index (κ2) is 4.51. The number of aromatic nitrogens is 1.